The number of H-pyrrole nitrogens is 1. The summed E-state index contributed by atoms with van der Waals surface area (Å²) in [4.78, 5) is 3.08. The summed E-state index contributed by atoms with van der Waals surface area (Å²) in [7, 11) is 0. The number of fused-ring (bicyclic) bond motifs is 1. The second-order valence-electron chi connectivity index (χ2n) is 8.30. The van der Waals surface area contributed by atoms with Crippen LogP contribution in [0.3, 0.4) is 0 Å². The highest BCUT2D eigenvalue weighted by atomic mass is 16.6. The Morgan fingerprint density at radius 3 is 2.06 bits per heavy atom. The van der Waals surface area contributed by atoms with Gasteiger partial charge in [0.15, 0.2) is 0 Å². The van der Waals surface area contributed by atoms with E-state index in [2.05, 4.69) is 16.8 Å². The molecule has 9 N–H and O–H groups in total. The van der Waals surface area contributed by atoms with Crippen LogP contribution in [0.4, 0.5) is 0 Å². The minimum atomic E-state index is -1.51. The van der Waals surface area contributed by atoms with E-state index < -0.39 is 74.3 Å². The normalized spacial score (nSPS) is 39.3. The molecule has 1 aromatic heterocycles. The molecule has 10 atom stereocenters. The highest BCUT2D eigenvalue weighted by molar-refractivity contribution is 5.82. The van der Waals surface area contributed by atoms with Gasteiger partial charge in [0.1, 0.15) is 61.0 Å². The molecule has 0 spiro atoms. The van der Waals surface area contributed by atoms with Crippen LogP contribution in [-0.2, 0) is 9.47 Å². The van der Waals surface area contributed by atoms with Gasteiger partial charge in [0.2, 0.25) is 0 Å². The van der Waals surface area contributed by atoms with Gasteiger partial charge in [-0.05, 0) is 23.6 Å². The predicted octanol–water partition coefficient (Wildman–Crippen LogP) is -3.12. The molecule has 2 saturated heterocycles. The molecule has 180 valence electrons. The van der Waals surface area contributed by atoms with E-state index in [0.29, 0.717) is 16.8 Å². The summed E-state index contributed by atoms with van der Waals surface area (Å²) in [6.07, 6.45) is -13.0. The van der Waals surface area contributed by atoms with Gasteiger partial charge in [-0.15, -0.1) is 0 Å². The maximum atomic E-state index is 10.3. The van der Waals surface area contributed by atoms with Gasteiger partial charge in [-0.3, -0.25) is 0 Å². The molecule has 0 unspecified atom stereocenters. The predicted molar refractivity (Wildman–Crippen MR) is 112 cm³/mol. The van der Waals surface area contributed by atoms with Gasteiger partial charge in [0.05, 0.1) is 13.2 Å². The average molecular weight is 465 g/mol. The number of hydrogen-bond acceptors (Lipinski definition) is 10. The third kappa shape index (κ3) is 4.51. The Bertz CT molecular complexity index is 1030. The molecular formula is C22H27NO10. The minimum Gasteiger partial charge on any atom is -0.394 e. The number of benzene rings is 1. The zero-order valence-electron chi connectivity index (χ0n) is 17.4. The Balaban J connectivity index is 1.56. The summed E-state index contributed by atoms with van der Waals surface area (Å²) in [5, 5.41) is 79.6. The van der Waals surface area contributed by atoms with Crippen LogP contribution in [0.1, 0.15) is 17.4 Å². The van der Waals surface area contributed by atoms with Crippen LogP contribution in [0.2, 0.25) is 0 Å². The van der Waals surface area contributed by atoms with Crippen molar-refractivity contribution in [3.8, 4) is 11.8 Å². The number of ether oxygens (including phenoxy) is 2. The van der Waals surface area contributed by atoms with E-state index in [9.17, 15) is 40.9 Å². The van der Waals surface area contributed by atoms with Crippen LogP contribution < -0.4 is 0 Å². The van der Waals surface area contributed by atoms with Crippen molar-refractivity contribution in [2.75, 3.05) is 13.2 Å². The lowest BCUT2D eigenvalue weighted by Crippen LogP contribution is -2.58. The Kier molecular flexibility index (Phi) is 7.04. The highest BCUT2D eigenvalue weighted by Gasteiger charge is 2.45. The number of aromatic amines is 1. The first-order valence-electron chi connectivity index (χ1n) is 10.5. The standard InChI is InChI=1S/C22H27NO10/c24-7-14-17(27)19(29)16(26)13(32-14)4-2-9-1-3-10-6-12(23-11(10)5-9)22-21(31)20(30)18(28)15(8-25)33-22/h1,3,5-6,13-31H,7-8H2/t13-,14-,15-,16-,17-,18-,19-,20+,21+,22-/m1/s1. The molecular weight excluding hydrogens is 438 g/mol. The summed E-state index contributed by atoms with van der Waals surface area (Å²) >= 11 is 0. The monoisotopic (exact) mass is 465 g/mol. The van der Waals surface area contributed by atoms with E-state index in [0.717, 1.165) is 5.39 Å². The van der Waals surface area contributed by atoms with Gasteiger partial charge in [-0.1, -0.05) is 17.9 Å². The second-order valence-corrected chi connectivity index (χ2v) is 8.30. The largest absolute Gasteiger partial charge is 0.394 e. The molecule has 2 aliphatic heterocycles. The van der Waals surface area contributed by atoms with Gasteiger partial charge in [0, 0.05) is 16.8 Å². The number of aliphatic hydroxyl groups is 8. The van der Waals surface area contributed by atoms with E-state index in [4.69, 9.17) is 9.47 Å². The minimum absolute atomic E-state index is 0.431. The Morgan fingerprint density at radius 1 is 0.758 bits per heavy atom. The summed E-state index contributed by atoms with van der Waals surface area (Å²) in [6.45, 7) is -1.07. The zero-order valence-corrected chi connectivity index (χ0v) is 17.4. The molecule has 2 fully saturated rings. The van der Waals surface area contributed by atoms with Crippen LogP contribution in [0, 0.1) is 11.8 Å². The summed E-state index contributed by atoms with van der Waals surface area (Å²) < 4.78 is 11.0. The van der Waals surface area contributed by atoms with Crippen molar-refractivity contribution >= 4 is 10.9 Å². The summed E-state index contributed by atoms with van der Waals surface area (Å²) in [5.41, 5.74) is 1.59. The lowest BCUT2D eigenvalue weighted by molar-refractivity contribution is -0.232. The molecule has 1 aromatic carbocycles. The van der Waals surface area contributed by atoms with Crippen molar-refractivity contribution < 1.29 is 50.3 Å². The quantitative estimate of drug-likeness (QED) is 0.209. The first kappa shape index (κ1) is 24.1. The number of hydrogen-bond donors (Lipinski definition) is 9. The van der Waals surface area contributed by atoms with Crippen LogP contribution in [-0.4, -0.2) is 114 Å². The Hall–Kier alpha value is -2.08. The Morgan fingerprint density at radius 2 is 1.39 bits per heavy atom. The lowest BCUT2D eigenvalue weighted by atomic mass is 9.93. The fourth-order valence-electron chi connectivity index (χ4n) is 4.11. The topological polar surface area (TPSA) is 196 Å². The van der Waals surface area contributed by atoms with Crippen LogP contribution in [0.15, 0.2) is 24.3 Å². The molecule has 0 aliphatic carbocycles. The first-order chi connectivity index (χ1) is 15.7. The maximum Gasteiger partial charge on any atom is 0.147 e. The van der Waals surface area contributed by atoms with Gasteiger partial charge >= 0.3 is 0 Å². The summed E-state index contributed by atoms with van der Waals surface area (Å²) in [6, 6.07) is 6.84. The number of nitrogens with one attached hydrogen (secondary N) is 1. The molecule has 2 aliphatic rings. The van der Waals surface area contributed by atoms with Crippen LogP contribution in [0.25, 0.3) is 10.9 Å². The molecule has 3 heterocycles. The maximum absolute atomic E-state index is 10.3. The van der Waals surface area contributed by atoms with Crippen molar-refractivity contribution in [3.63, 3.8) is 0 Å². The molecule has 11 heteroatoms. The van der Waals surface area contributed by atoms with Crippen LogP contribution in [0.5, 0.6) is 0 Å². The molecule has 4 rings (SSSR count). The fraction of sp³-hybridized carbons (Fsp3) is 0.545. The second kappa shape index (κ2) is 9.65. The molecule has 0 bridgehead atoms. The Labute approximate surface area is 188 Å². The van der Waals surface area contributed by atoms with E-state index in [1.54, 1.807) is 24.3 Å². The molecule has 33 heavy (non-hydrogen) atoms. The van der Waals surface area contributed by atoms with Crippen molar-refractivity contribution in [2.24, 2.45) is 0 Å². The number of aliphatic hydroxyl groups excluding tert-OH is 8. The van der Waals surface area contributed by atoms with Crippen molar-refractivity contribution in [2.45, 2.75) is 61.0 Å². The lowest BCUT2D eigenvalue weighted by Gasteiger charge is -2.39. The van der Waals surface area contributed by atoms with E-state index >= 15 is 0 Å². The van der Waals surface area contributed by atoms with Crippen LogP contribution >= 0.6 is 0 Å². The smallest absolute Gasteiger partial charge is 0.147 e. The first-order valence-corrected chi connectivity index (χ1v) is 10.5. The number of aromatic nitrogens is 1. The highest BCUT2D eigenvalue weighted by Crippen LogP contribution is 2.33. The van der Waals surface area contributed by atoms with Gasteiger partial charge in [-0.2, -0.15) is 0 Å². The average Bonchev–Trinajstić information content (AvgIpc) is 3.24. The fourth-order valence-corrected chi connectivity index (χ4v) is 4.11. The van der Waals surface area contributed by atoms with Gasteiger partial charge in [0.25, 0.3) is 0 Å². The third-order valence-corrected chi connectivity index (χ3v) is 6.09. The number of rotatable bonds is 3. The third-order valence-electron chi connectivity index (χ3n) is 6.09. The summed E-state index contributed by atoms with van der Waals surface area (Å²) in [5.74, 6) is 5.52. The van der Waals surface area contributed by atoms with E-state index in [1.165, 1.54) is 0 Å². The van der Waals surface area contributed by atoms with E-state index in [1.807, 2.05) is 0 Å². The van der Waals surface area contributed by atoms with Gasteiger partial charge in [-0.25, -0.2) is 0 Å². The van der Waals surface area contributed by atoms with Crippen molar-refractivity contribution in [1.82, 2.24) is 4.98 Å². The molecule has 11 nitrogen and oxygen atoms in total. The zero-order chi connectivity index (χ0) is 23.9. The van der Waals surface area contributed by atoms with Gasteiger partial charge < -0.3 is 55.3 Å². The molecule has 2 aromatic rings. The van der Waals surface area contributed by atoms with Crippen molar-refractivity contribution in [1.29, 1.82) is 0 Å². The molecule has 0 amide bonds. The molecule has 0 saturated carbocycles. The molecule has 0 radical (unpaired) electrons. The van der Waals surface area contributed by atoms with Crippen molar-refractivity contribution in [3.05, 3.63) is 35.5 Å². The SMILES string of the molecule is OC[C@H]1O[C@H](c2cc3ccc(C#C[C@H]4O[C@H](CO)[C@@H](O)[C@H](O)[C@@H]4O)cc3[nH]2)[C@@H](O)[C@@H](O)[C@@H]1O. The van der Waals surface area contributed by atoms with E-state index in [-0.39, 0.29) is 0 Å².